The number of anilines is 1. The molecule has 1 heterocycles. The molecule has 0 saturated heterocycles. The minimum atomic E-state index is -0.236. The maximum atomic E-state index is 12.4. The summed E-state index contributed by atoms with van der Waals surface area (Å²) in [6.07, 6.45) is 5.07. The van der Waals surface area contributed by atoms with Crippen molar-refractivity contribution < 1.29 is 4.79 Å². The molecule has 6 heteroatoms. The van der Waals surface area contributed by atoms with Crippen molar-refractivity contribution in [2.45, 2.75) is 13.8 Å². The van der Waals surface area contributed by atoms with Gasteiger partial charge in [-0.2, -0.15) is 0 Å². The Morgan fingerprint density at radius 3 is 2.81 bits per heavy atom. The van der Waals surface area contributed by atoms with Gasteiger partial charge in [0, 0.05) is 18.9 Å². The summed E-state index contributed by atoms with van der Waals surface area (Å²) in [5, 5.41) is 3.46. The highest BCUT2D eigenvalue weighted by Crippen LogP contribution is 2.29. The zero-order valence-corrected chi connectivity index (χ0v) is 12.8. The van der Waals surface area contributed by atoms with E-state index in [9.17, 15) is 4.79 Å². The van der Waals surface area contributed by atoms with Gasteiger partial charge < -0.3 is 15.6 Å². The SMILES string of the molecule is CC(C)C(CN)C(=O)Nc1cccc(Cl)c1-n1ccnc1. The summed E-state index contributed by atoms with van der Waals surface area (Å²) >= 11 is 6.26. The van der Waals surface area contributed by atoms with Crippen molar-refractivity contribution >= 4 is 23.2 Å². The highest BCUT2D eigenvalue weighted by Gasteiger charge is 2.22. The molecule has 0 saturated carbocycles. The minimum Gasteiger partial charge on any atom is -0.330 e. The predicted octanol–water partition coefficient (Wildman–Crippen LogP) is 2.70. The average molecular weight is 307 g/mol. The first kappa shape index (κ1) is 15.5. The summed E-state index contributed by atoms with van der Waals surface area (Å²) < 4.78 is 1.77. The van der Waals surface area contributed by atoms with Gasteiger partial charge in [-0.1, -0.05) is 31.5 Å². The summed E-state index contributed by atoms with van der Waals surface area (Å²) in [5.41, 5.74) is 7.03. The van der Waals surface area contributed by atoms with Crippen LogP contribution in [-0.4, -0.2) is 22.0 Å². The first-order valence-electron chi connectivity index (χ1n) is 6.82. The average Bonchev–Trinajstić information content (AvgIpc) is 2.92. The second-order valence-corrected chi connectivity index (χ2v) is 5.59. The summed E-state index contributed by atoms with van der Waals surface area (Å²) in [6, 6.07) is 5.38. The third-order valence-electron chi connectivity index (χ3n) is 3.40. The molecule has 0 aliphatic carbocycles. The van der Waals surface area contributed by atoms with Gasteiger partial charge in [0.15, 0.2) is 0 Å². The van der Waals surface area contributed by atoms with Gasteiger partial charge in [0.05, 0.1) is 28.6 Å². The molecule has 1 aromatic heterocycles. The van der Waals surface area contributed by atoms with Crippen LogP contribution in [0, 0.1) is 11.8 Å². The van der Waals surface area contributed by atoms with Crippen LogP contribution in [-0.2, 0) is 4.79 Å². The predicted molar refractivity (Wildman–Crippen MR) is 84.6 cm³/mol. The molecule has 3 N–H and O–H groups in total. The van der Waals surface area contributed by atoms with Gasteiger partial charge in [0.1, 0.15) is 0 Å². The number of nitrogens with two attached hydrogens (primary N) is 1. The smallest absolute Gasteiger partial charge is 0.229 e. The maximum absolute atomic E-state index is 12.4. The van der Waals surface area contributed by atoms with E-state index in [1.807, 2.05) is 19.9 Å². The summed E-state index contributed by atoms with van der Waals surface area (Å²) in [5.74, 6) is -0.165. The summed E-state index contributed by atoms with van der Waals surface area (Å²) in [4.78, 5) is 16.4. The minimum absolute atomic E-state index is 0.101. The number of aromatic nitrogens is 2. The normalized spacial score (nSPS) is 12.4. The molecule has 21 heavy (non-hydrogen) atoms. The molecule has 1 aromatic carbocycles. The number of halogens is 1. The van der Waals surface area contributed by atoms with E-state index in [0.717, 1.165) is 0 Å². The molecule has 0 spiro atoms. The molecular formula is C15H19ClN4O. The van der Waals surface area contributed by atoms with Crippen molar-refractivity contribution in [2.24, 2.45) is 17.6 Å². The van der Waals surface area contributed by atoms with Gasteiger partial charge in [0.25, 0.3) is 0 Å². The second kappa shape index (κ2) is 6.74. The zero-order chi connectivity index (χ0) is 15.4. The van der Waals surface area contributed by atoms with Gasteiger partial charge >= 0.3 is 0 Å². The van der Waals surface area contributed by atoms with Crippen molar-refractivity contribution in [3.63, 3.8) is 0 Å². The molecule has 112 valence electrons. The van der Waals surface area contributed by atoms with Crippen molar-refractivity contribution in [1.82, 2.24) is 9.55 Å². The van der Waals surface area contributed by atoms with Crippen molar-refractivity contribution in [3.8, 4) is 5.69 Å². The molecule has 1 atom stereocenters. The van der Waals surface area contributed by atoms with Crippen molar-refractivity contribution in [2.75, 3.05) is 11.9 Å². The first-order chi connectivity index (χ1) is 10.0. The molecule has 0 radical (unpaired) electrons. The molecule has 2 aromatic rings. The Labute approximate surface area is 129 Å². The maximum Gasteiger partial charge on any atom is 0.229 e. The van der Waals surface area contributed by atoms with Crippen LogP contribution < -0.4 is 11.1 Å². The molecule has 1 unspecified atom stereocenters. The number of hydrogen-bond acceptors (Lipinski definition) is 3. The fourth-order valence-electron chi connectivity index (χ4n) is 2.18. The number of hydrogen-bond donors (Lipinski definition) is 2. The van der Waals surface area contributed by atoms with E-state index in [4.69, 9.17) is 17.3 Å². The van der Waals surface area contributed by atoms with Gasteiger partial charge in [-0.25, -0.2) is 4.98 Å². The Bertz CT molecular complexity index is 610. The summed E-state index contributed by atoms with van der Waals surface area (Å²) in [6.45, 7) is 4.27. The molecule has 2 rings (SSSR count). The zero-order valence-electron chi connectivity index (χ0n) is 12.1. The topological polar surface area (TPSA) is 72.9 Å². The number of amides is 1. The Balaban J connectivity index is 2.33. The quantitative estimate of drug-likeness (QED) is 0.892. The van der Waals surface area contributed by atoms with E-state index in [2.05, 4.69) is 10.3 Å². The Hall–Kier alpha value is -1.85. The monoisotopic (exact) mass is 306 g/mol. The lowest BCUT2D eigenvalue weighted by Gasteiger charge is -2.20. The van der Waals surface area contributed by atoms with E-state index >= 15 is 0 Å². The molecule has 0 fully saturated rings. The Morgan fingerprint density at radius 1 is 1.48 bits per heavy atom. The second-order valence-electron chi connectivity index (χ2n) is 5.18. The number of para-hydroxylation sites is 1. The highest BCUT2D eigenvalue weighted by atomic mass is 35.5. The number of nitrogens with zero attached hydrogens (tertiary/aromatic N) is 2. The molecule has 0 aliphatic rings. The van der Waals surface area contributed by atoms with Crippen LogP contribution in [0.2, 0.25) is 5.02 Å². The van der Waals surface area contributed by atoms with E-state index < -0.39 is 0 Å². The third kappa shape index (κ3) is 3.43. The lowest BCUT2D eigenvalue weighted by Crippen LogP contribution is -2.33. The highest BCUT2D eigenvalue weighted by molar-refractivity contribution is 6.33. The van der Waals surface area contributed by atoms with Crippen LogP contribution in [0.4, 0.5) is 5.69 Å². The lowest BCUT2D eigenvalue weighted by molar-refractivity contribution is -0.120. The largest absolute Gasteiger partial charge is 0.330 e. The number of carbonyl (C=O) groups excluding carboxylic acids is 1. The fraction of sp³-hybridized carbons (Fsp3) is 0.333. The Kier molecular flexibility index (Phi) is 4.98. The Morgan fingerprint density at radius 2 is 2.24 bits per heavy atom. The standard InChI is InChI=1S/C15H19ClN4O/c1-10(2)11(8-17)15(21)19-13-5-3-4-12(16)14(13)20-7-6-18-9-20/h3-7,9-11H,8,17H2,1-2H3,(H,19,21). The van der Waals surface area contributed by atoms with E-state index in [1.54, 1.807) is 35.4 Å². The number of rotatable bonds is 5. The van der Waals surface area contributed by atoms with Gasteiger partial charge in [-0.3, -0.25) is 4.79 Å². The van der Waals surface area contributed by atoms with Crippen LogP contribution in [0.1, 0.15) is 13.8 Å². The van der Waals surface area contributed by atoms with Crippen LogP contribution in [0.3, 0.4) is 0 Å². The van der Waals surface area contributed by atoms with E-state index in [-0.39, 0.29) is 17.7 Å². The first-order valence-corrected chi connectivity index (χ1v) is 7.20. The fourth-order valence-corrected chi connectivity index (χ4v) is 2.45. The number of imidazole rings is 1. The van der Waals surface area contributed by atoms with E-state index in [1.165, 1.54) is 0 Å². The number of benzene rings is 1. The van der Waals surface area contributed by atoms with Crippen LogP contribution >= 0.6 is 11.6 Å². The molecule has 5 nitrogen and oxygen atoms in total. The van der Waals surface area contributed by atoms with Gasteiger partial charge in [-0.05, 0) is 18.1 Å². The van der Waals surface area contributed by atoms with Crippen molar-refractivity contribution in [1.29, 1.82) is 0 Å². The molecule has 0 aliphatic heterocycles. The number of nitrogens with one attached hydrogen (secondary N) is 1. The van der Waals surface area contributed by atoms with Crippen LogP contribution in [0.25, 0.3) is 5.69 Å². The van der Waals surface area contributed by atoms with Crippen LogP contribution in [0.15, 0.2) is 36.9 Å². The van der Waals surface area contributed by atoms with Crippen molar-refractivity contribution in [3.05, 3.63) is 41.9 Å². The van der Waals surface area contributed by atoms with E-state index in [0.29, 0.717) is 22.9 Å². The molecule has 1 amide bonds. The molecule has 0 bridgehead atoms. The van der Waals surface area contributed by atoms with Gasteiger partial charge in [-0.15, -0.1) is 0 Å². The van der Waals surface area contributed by atoms with Gasteiger partial charge in [0.2, 0.25) is 5.91 Å². The lowest BCUT2D eigenvalue weighted by atomic mass is 9.95. The van der Waals surface area contributed by atoms with Crippen LogP contribution in [0.5, 0.6) is 0 Å². The third-order valence-corrected chi connectivity index (χ3v) is 3.71. The number of carbonyl (C=O) groups is 1. The molecular weight excluding hydrogens is 288 g/mol. The summed E-state index contributed by atoms with van der Waals surface area (Å²) in [7, 11) is 0.